The van der Waals surface area contributed by atoms with Crippen molar-refractivity contribution in [2.75, 3.05) is 6.54 Å². The van der Waals surface area contributed by atoms with Crippen LogP contribution in [0.25, 0.3) is 0 Å². The van der Waals surface area contributed by atoms with Gasteiger partial charge in [-0.15, -0.1) is 12.3 Å². The van der Waals surface area contributed by atoms with Gasteiger partial charge in [0.25, 0.3) is 0 Å². The molecule has 0 unspecified atom stereocenters. The molecule has 0 aromatic rings. The highest BCUT2D eigenvalue weighted by Gasteiger charge is 2.29. The summed E-state index contributed by atoms with van der Waals surface area (Å²) < 4.78 is 0. The zero-order chi connectivity index (χ0) is 11.3. The van der Waals surface area contributed by atoms with Crippen molar-refractivity contribution in [3.63, 3.8) is 0 Å². The summed E-state index contributed by atoms with van der Waals surface area (Å²) in [4.78, 5) is 21.9. The van der Waals surface area contributed by atoms with E-state index in [0.717, 1.165) is 0 Å². The fraction of sp³-hybridized carbons (Fsp3) is 0.600. The maximum Gasteiger partial charge on any atom is 0.320 e. The Labute approximate surface area is 88.2 Å². The second-order valence-electron chi connectivity index (χ2n) is 3.50. The molecule has 1 saturated heterocycles. The summed E-state index contributed by atoms with van der Waals surface area (Å²) >= 11 is 0. The second kappa shape index (κ2) is 5.37. The monoisotopic (exact) mass is 210 g/mol. The van der Waals surface area contributed by atoms with Gasteiger partial charge in [0.2, 0.25) is 5.91 Å². The van der Waals surface area contributed by atoms with E-state index in [2.05, 4.69) is 16.6 Å². The molecule has 2 atom stereocenters. The third-order valence-corrected chi connectivity index (χ3v) is 2.29. The molecule has 1 fully saturated rings. The van der Waals surface area contributed by atoms with E-state index in [-0.39, 0.29) is 11.9 Å². The molecule has 1 aliphatic heterocycles. The third-order valence-electron chi connectivity index (χ3n) is 2.29. The lowest BCUT2D eigenvalue weighted by molar-refractivity contribution is -0.139. The van der Waals surface area contributed by atoms with Crippen LogP contribution >= 0.6 is 0 Å². The van der Waals surface area contributed by atoms with E-state index >= 15 is 0 Å². The number of nitrogens with one attached hydrogen (secondary N) is 2. The summed E-state index contributed by atoms with van der Waals surface area (Å²) in [6.45, 7) is 0.499. The zero-order valence-corrected chi connectivity index (χ0v) is 8.32. The molecule has 1 aliphatic rings. The van der Waals surface area contributed by atoms with E-state index in [1.165, 1.54) is 0 Å². The smallest absolute Gasteiger partial charge is 0.320 e. The minimum absolute atomic E-state index is 0.101. The van der Waals surface area contributed by atoms with Crippen LogP contribution < -0.4 is 10.6 Å². The minimum Gasteiger partial charge on any atom is -0.480 e. The molecular formula is C10H14N2O3. The van der Waals surface area contributed by atoms with Gasteiger partial charge in [-0.25, -0.2) is 0 Å². The molecule has 1 amide bonds. The molecule has 15 heavy (non-hydrogen) atoms. The van der Waals surface area contributed by atoms with Gasteiger partial charge in [-0.1, -0.05) is 0 Å². The molecule has 0 bridgehead atoms. The number of rotatable bonds is 4. The van der Waals surface area contributed by atoms with Gasteiger partial charge >= 0.3 is 5.97 Å². The van der Waals surface area contributed by atoms with E-state index in [1.54, 1.807) is 0 Å². The summed E-state index contributed by atoms with van der Waals surface area (Å²) in [6, 6.07) is -0.653. The molecule has 1 rings (SSSR count). The molecule has 0 spiro atoms. The van der Waals surface area contributed by atoms with Crippen LogP contribution in [0.4, 0.5) is 0 Å². The van der Waals surface area contributed by atoms with E-state index in [4.69, 9.17) is 11.5 Å². The van der Waals surface area contributed by atoms with Crippen molar-refractivity contribution in [2.45, 2.75) is 31.3 Å². The number of carbonyl (C=O) groups is 2. The molecule has 82 valence electrons. The summed E-state index contributed by atoms with van der Waals surface area (Å²) in [5.74, 6) is 1.38. The molecule has 5 nitrogen and oxygen atoms in total. The first-order valence-electron chi connectivity index (χ1n) is 4.82. The van der Waals surface area contributed by atoms with Crippen LogP contribution in [0.3, 0.4) is 0 Å². The highest BCUT2D eigenvalue weighted by atomic mass is 16.4. The van der Waals surface area contributed by atoms with Crippen molar-refractivity contribution < 1.29 is 14.7 Å². The topological polar surface area (TPSA) is 78.4 Å². The lowest BCUT2D eigenvalue weighted by Gasteiger charge is -2.10. The van der Waals surface area contributed by atoms with Gasteiger partial charge in [0.05, 0.1) is 0 Å². The second-order valence-corrected chi connectivity index (χ2v) is 3.50. The molecule has 0 aliphatic carbocycles. The van der Waals surface area contributed by atoms with Crippen LogP contribution in [0.2, 0.25) is 0 Å². The van der Waals surface area contributed by atoms with Gasteiger partial charge in [-0.05, 0) is 6.42 Å². The van der Waals surface area contributed by atoms with E-state index in [1.807, 2.05) is 0 Å². The van der Waals surface area contributed by atoms with Crippen molar-refractivity contribution in [2.24, 2.45) is 0 Å². The number of hydrogen-bond donors (Lipinski definition) is 3. The van der Waals surface area contributed by atoms with Gasteiger partial charge in [0.1, 0.15) is 6.04 Å². The van der Waals surface area contributed by atoms with E-state index < -0.39 is 12.0 Å². The first-order chi connectivity index (χ1) is 7.13. The third kappa shape index (κ3) is 3.60. The molecule has 0 aromatic carbocycles. The van der Waals surface area contributed by atoms with Gasteiger partial charge in [0, 0.05) is 25.4 Å². The molecule has 5 heteroatoms. The lowest BCUT2D eigenvalue weighted by Crippen LogP contribution is -2.35. The zero-order valence-electron chi connectivity index (χ0n) is 8.32. The molecule has 0 aromatic heterocycles. The van der Waals surface area contributed by atoms with Gasteiger partial charge < -0.3 is 15.7 Å². The number of carboxylic acids is 1. The highest BCUT2D eigenvalue weighted by molar-refractivity contribution is 5.77. The standard InChI is InChI=1S/C10H14N2O3/c1-2-3-4-9(13)12-7-5-8(10(14)15)11-6-7/h1,7-8,11H,3-6H2,(H,12,13)(H,14,15)/t7-,8+/m1/s1. The summed E-state index contributed by atoms with van der Waals surface area (Å²) in [5, 5.41) is 14.3. The maximum atomic E-state index is 11.3. The Morgan fingerprint density at radius 2 is 2.33 bits per heavy atom. The van der Waals surface area contributed by atoms with E-state index in [0.29, 0.717) is 25.8 Å². The number of carbonyl (C=O) groups excluding carboxylic acids is 1. The van der Waals surface area contributed by atoms with Crippen LogP contribution in [0, 0.1) is 12.3 Å². The Morgan fingerprint density at radius 1 is 1.60 bits per heavy atom. The Hall–Kier alpha value is -1.54. The molecule has 0 radical (unpaired) electrons. The van der Waals surface area contributed by atoms with Crippen LogP contribution in [-0.2, 0) is 9.59 Å². The van der Waals surface area contributed by atoms with E-state index in [9.17, 15) is 9.59 Å². The Balaban J connectivity index is 2.27. The number of aliphatic carboxylic acids is 1. The Bertz CT molecular complexity index is 296. The van der Waals surface area contributed by atoms with Crippen molar-refractivity contribution in [3.05, 3.63) is 0 Å². The first kappa shape index (κ1) is 11.5. The van der Waals surface area contributed by atoms with Crippen molar-refractivity contribution >= 4 is 11.9 Å². The van der Waals surface area contributed by atoms with Gasteiger partial charge in [-0.3, -0.25) is 9.59 Å². The molecule has 3 N–H and O–H groups in total. The molecule has 0 saturated carbocycles. The average molecular weight is 210 g/mol. The largest absolute Gasteiger partial charge is 0.480 e. The minimum atomic E-state index is -0.879. The van der Waals surface area contributed by atoms with Crippen LogP contribution in [0.5, 0.6) is 0 Å². The SMILES string of the molecule is C#CCCC(=O)N[C@H]1CN[C@H](C(=O)O)C1. The maximum absolute atomic E-state index is 11.3. The Kier molecular flexibility index (Phi) is 4.13. The fourth-order valence-corrected chi connectivity index (χ4v) is 1.52. The summed E-state index contributed by atoms with van der Waals surface area (Å²) in [7, 11) is 0. The number of hydrogen-bond acceptors (Lipinski definition) is 3. The van der Waals surface area contributed by atoms with Crippen molar-refractivity contribution in [1.29, 1.82) is 0 Å². The summed E-state index contributed by atoms with van der Waals surface area (Å²) in [5.41, 5.74) is 0. The average Bonchev–Trinajstić information content (AvgIpc) is 2.63. The normalized spacial score (nSPS) is 24.5. The number of amides is 1. The highest BCUT2D eigenvalue weighted by Crippen LogP contribution is 2.06. The Morgan fingerprint density at radius 3 is 2.87 bits per heavy atom. The lowest BCUT2D eigenvalue weighted by atomic mass is 10.1. The van der Waals surface area contributed by atoms with Crippen LogP contribution in [-0.4, -0.2) is 35.6 Å². The van der Waals surface area contributed by atoms with Crippen molar-refractivity contribution in [1.82, 2.24) is 10.6 Å². The van der Waals surface area contributed by atoms with Crippen molar-refractivity contribution in [3.8, 4) is 12.3 Å². The molecule has 1 heterocycles. The number of carboxylic acid groups (broad SMARTS) is 1. The predicted molar refractivity (Wildman–Crippen MR) is 54.0 cm³/mol. The predicted octanol–water partition coefficient (Wildman–Crippen LogP) is -0.669. The fourth-order valence-electron chi connectivity index (χ4n) is 1.52. The quantitative estimate of drug-likeness (QED) is 0.538. The van der Waals surface area contributed by atoms with Crippen LogP contribution in [0.15, 0.2) is 0 Å². The first-order valence-corrected chi connectivity index (χ1v) is 4.82. The number of terminal acetylenes is 1. The van der Waals surface area contributed by atoms with Gasteiger partial charge in [-0.2, -0.15) is 0 Å². The van der Waals surface area contributed by atoms with Crippen LogP contribution in [0.1, 0.15) is 19.3 Å². The summed E-state index contributed by atoms with van der Waals surface area (Å²) in [6.07, 6.45) is 6.16. The van der Waals surface area contributed by atoms with Gasteiger partial charge in [0.15, 0.2) is 0 Å². The molecular weight excluding hydrogens is 196 g/mol.